The minimum atomic E-state index is 0.253. The van der Waals surface area contributed by atoms with Crippen molar-refractivity contribution in [1.29, 1.82) is 0 Å². The highest BCUT2D eigenvalue weighted by molar-refractivity contribution is 4.97. The number of hydrogen-bond donors (Lipinski definition) is 5. The Morgan fingerprint density at radius 1 is 0.500 bits per heavy atom. The predicted octanol–water partition coefficient (Wildman–Crippen LogP) is 3.47. The maximum atomic E-state index is 6.66. The second-order valence-electron chi connectivity index (χ2n) is 12.8. The quantitative estimate of drug-likeness (QED) is 0.440. The van der Waals surface area contributed by atoms with Crippen molar-refractivity contribution in [1.82, 2.24) is 0 Å². The summed E-state index contributed by atoms with van der Waals surface area (Å²) in [6.45, 7) is 2.38. The highest BCUT2D eigenvalue weighted by Gasteiger charge is 2.43. The molecule has 0 radical (unpaired) electrons. The summed E-state index contributed by atoms with van der Waals surface area (Å²) in [4.78, 5) is 0. The molecule has 10 N–H and O–H groups in total. The molecule has 4 fully saturated rings. The zero-order chi connectivity index (χ0) is 22.8. The Kier molecular flexibility index (Phi) is 8.59. The Morgan fingerprint density at radius 3 is 1.88 bits per heavy atom. The van der Waals surface area contributed by atoms with Crippen molar-refractivity contribution >= 4 is 0 Å². The van der Waals surface area contributed by atoms with Gasteiger partial charge in [-0.1, -0.05) is 6.92 Å². The van der Waals surface area contributed by atoms with Gasteiger partial charge in [0, 0.05) is 30.2 Å². The molecule has 5 heteroatoms. The lowest BCUT2D eigenvalue weighted by molar-refractivity contribution is 0.0446. The Balaban J connectivity index is 1.37. The molecule has 0 amide bonds. The van der Waals surface area contributed by atoms with Crippen LogP contribution >= 0.6 is 0 Å². The van der Waals surface area contributed by atoms with E-state index in [4.69, 9.17) is 28.7 Å². The van der Waals surface area contributed by atoms with Crippen LogP contribution in [-0.2, 0) is 0 Å². The van der Waals surface area contributed by atoms with E-state index in [-0.39, 0.29) is 12.1 Å². The van der Waals surface area contributed by atoms with Crippen LogP contribution in [-0.4, -0.2) is 30.2 Å². The molecule has 0 spiro atoms. The molecule has 0 saturated heterocycles. The molecule has 0 heterocycles. The summed E-state index contributed by atoms with van der Waals surface area (Å²) in [7, 11) is 0. The van der Waals surface area contributed by atoms with Gasteiger partial charge >= 0.3 is 0 Å². The molecule has 4 aliphatic rings. The van der Waals surface area contributed by atoms with Crippen molar-refractivity contribution in [3.8, 4) is 0 Å². The third-order valence-electron chi connectivity index (χ3n) is 10.5. The van der Waals surface area contributed by atoms with Gasteiger partial charge in [-0.2, -0.15) is 0 Å². The molecule has 0 aromatic carbocycles. The van der Waals surface area contributed by atoms with E-state index < -0.39 is 0 Å². The van der Waals surface area contributed by atoms with Crippen molar-refractivity contribution in [2.24, 2.45) is 70.1 Å². The Bertz CT molecular complexity index is 576. The summed E-state index contributed by atoms with van der Waals surface area (Å²) < 4.78 is 0. The fraction of sp³-hybridized carbons (Fsp3) is 1.00. The van der Waals surface area contributed by atoms with Crippen LogP contribution in [0.3, 0.4) is 0 Å². The van der Waals surface area contributed by atoms with Gasteiger partial charge in [-0.3, -0.25) is 0 Å². The zero-order valence-corrected chi connectivity index (χ0v) is 20.7. The van der Waals surface area contributed by atoms with E-state index in [1.165, 1.54) is 77.0 Å². The van der Waals surface area contributed by atoms with Crippen molar-refractivity contribution in [3.63, 3.8) is 0 Å². The average Bonchev–Trinajstić information content (AvgIpc) is 2.76. The fourth-order valence-corrected chi connectivity index (χ4v) is 8.38. The van der Waals surface area contributed by atoms with E-state index in [1.807, 2.05) is 0 Å². The standard InChI is InChI=1S/C27H53N5/c1-16-24(14-23(30)15-27(16)32)25-13-22(29)8-5-19(25)11-18-4-9-26(31)20(12-18)10-17-2-6-21(28)7-3-17/h16-27H,2-15,28-32H2,1H3. The van der Waals surface area contributed by atoms with E-state index in [0.29, 0.717) is 41.8 Å². The molecule has 186 valence electrons. The maximum absolute atomic E-state index is 6.66. The largest absolute Gasteiger partial charge is 0.328 e. The highest BCUT2D eigenvalue weighted by atomic mass is 14.8. The summed E-state index contributed by atoms with van der Waals surface area (Å²) in [6, 6.07) is 1.74. The summed E-state index contributed by atoms with van der Waals surface area (Å²) in [5.41, 5.74) is 32.3. The first-order valence-corrected chi connectivity index (χ1v) is 14.1. The second kappa shape index (κ2) is 11.0. The Labute approximate surface area is 197 Å². The topological polar surface area (TPSA) is 130 Å². The third-order valence-corrected chi connectivity index (χ3v) is 10.5. The number of nitrogens with two attached hydrogens (primary N) is 5. The van der Waals surface area contributed by atoms with Crippen LogP contribution in [0.5, 0.6) is 0 Å². The fourth-order valence-electron chi connectivity index (χ4n) is 8.38. The summed E-state index contributed by atoms with van der Waals surface area (Å²) in [5.74, 6) is 5.14. The first-order valence-electron chi connectivity index (χ1n) is 14.1. The van der Waals surface area contributed by atoms with E-state index >= 15 is 0 Å². The molecule has 4 rings (SSSR count). The van der Waals surface area contributed by atoms with Crippen molar-refractivity contribution in [2.75, 3.05) is 0 Å². The molecule has 0 aromatic heterocycles. The van der Waals surface area contributed by atoms with Gasteiger partial charge in [0.05, 0.1) is 0 Å². The lowest BCUT2D eigenvalue weighted by Crippen LogP contribution is -2.50. The van der Waals surface area contributed by atoms with Gasteiger partial charge in [-0.15, -0.1) is 0 Å². The predicted molar refractivity (Wildman–Crippen MR) is 135 cm³/mol. The molecular weight excluding hydrogens is 394 g/mol. The van der Waals surface area contributed by atoms with Crippen molar-refractivity contribution in [2.45, 2.75) is 127 Å². The maximum Gasteiger partial charge on any atom is 0.00820 e. The minimum Gasteiger partial charge on any atom is -0.328 e. The van der Waals surface area contributed by atoms with Crippen LogP contribution in [0.4, 0.5) is 0 Å². The van der Waals surface area contributed by atoms with Gasteiger partial charge in [-0.25, -0.2) is 0 Å². The van der Waals surface area contributed by atoms with Crippen LogP contribution in [0.2, 0.25) is 0 Å². The molecular formula is C27H53N5. The van der Waals surface area contributed by atoms with Gasteiger partial charge in [0.25, 0.3) is 0 Å². The van der Waals surface area contributed by atoms with Gasteiger partial charge in [0.2, 0.25) is 0 Å². The molecule has 4 saturated carbocycles. The normalized spacial score (nSPS) is 50.8. The minimum absolute atomic E-state index is 0.253. The van der Waals surface area contributed by atoms with Crippen LogP contribution in [0.25, 0.3) is 0 Å². The van der Waals surface area contributed by atoms with E-state index in [0.717, 1.165) is 30.6 Å². The summed E-state index contributed by atoms with van der Waals surface area (Å²) >= 11 is 0. The lowest BCUT2D eigenvalue weighted by atomic mass is 9.59. The van der Waals surface area contributed by atoms with E-state index in [9.17, 15) is 0 Å². The second-order valence-corrected chi connectivity index (χ2v) is 12.8. The van der Waals surface area contributed by atoms with E-state index in [2.05, 4.69) is 6.92 Å². The number of rotatable bonds is 5. The molecule has 0 aliphatic heterocycles. The SMILES string of the molecule is CC1C(N)CC(N)CC1C1CC(N)CCC1CC1CCC(N)C(CC2CCC(N)CC2)C1. The van der Waals surface area contributed by atoms with Gasteiger partial charge < -0.3 is 28.7 Å². The molecule has 5 nitrogen and oxygen atoms in total. The van der Waals surface area contributed by atoms with Gasteiger partial charge in [0.15, 0.2) is 0 Å². The first-order chi connectivity index (χ1) is 15.3. The van der Waals surface area contributed by atoms with Crippen molar-refractivity contribution in [3.05, 3.63) is 0 Å². The van der Waals surface area contributed by atoms with E-state index in [1.54, 1.807) is 0 Å². The van der Waals surface area contributed by atoms with Gasteiger partial charge in [0.1, 0.15) is 0 Å². The molecule has 10 atom stereocenters. The Morgan fingerprint density at radius 2 is 1.12 bits per heavy atom. The molecule has 0 bridgehead atoms. The molecule has 32 heavy (non-hydrogen) atoms. The molecule has 10 unspecified atom stereocenters. The molecule has 0 aromatic rings. The first kappa shape index (κ1) is 24.9. The lowest BCUT2D eigenvalue weighted by Gasteiger charge is -2.48. The third kappa shape index (κ3) is 6.07. The van der Waals surface area contributed by atoms with Gasteiger partial charge in [-0.05, 0) is 131 Å². The van der Waals surface area contributed by atoms with Crippen molar-refractivity contribution < 1.29 is 0 Å². The van der Waals surface area contributed by atoms with Crippen LogP contribution in [0.15, 0.2) is 0 Å². The number of hydrogen-bond acceptors (Lipinski definition) is 5. The zero-order valence-electron chi connectivity index (χ0n) is 20.7. The smallest absolute Gasteiger partial charge is 0.00820 e. The average molecular weight is 448 g/mol. The van der Waals surface area contributed by atoms with Crippen LogP contribution < -0.4 is 28.7 Å². The summed E-state index contributed by atoms with van der Waals surface area (Å²) in [5, 5.41) is 0. The molecule has 4 aliphatic carbocycles. The summed E-state index contributed by atoms with van der Waals surface area (Å²) in [6.07, 6.45) is 17.5. The van der Waals surface area contributed by atoms with Crippen LogP contribution in [0, 0.1) is 41.4 Å². The van der Waals surface area contributed by atoms with Crippen LogP contribution in [0.1, 0.15) is 96.8 Å². The highest BCUT2D eigenvalue weighted by Crippen LogP contribution is 2.47. The monoisotopic (exact) mass is 447 g/mol. The Hall–Kier alpha value is -0.200.